The van der Waals surface area contributed by atoms with Crippen LogP contribution >= 0.6 is 0 Å². The monoisotopic (exact) mass is 488 g/mol. The van der Waals surface area contributed by atoms with Gasteiger partial charge in [-0.15, -0.1) is 0 Å². The normalized spacial score (nSPS) is 15.2. The van der Waals surface area contributed by atoms with Gasteiger partial charge in [-0.05, 0) is 68.9 Å². The van der Waals surface area contributed by atoms with Gasteiger partial charge in [-0.25, -0.2) is 4.39 Å². The van der Waals surface area contributed by atoms with Gasteiger partial charge in [0.25, 0.3) is 5.91 Å². The van der Waals surface area contributed by atoms with Crippen LogP contribution in [0.3, 0.4) is 0 Å². The topological polar surface area (TPSA) is 32.3 Å². The quantitative estimate of drug-likeness (QED) is 0.253. The molecule has 1 amide bonds. The van der Waals surface area contributed by atoms with Crippen LogP contribution in [0.4, 0.5) is 4.39 Å². The third-order valence-corrected chi connectivity index (χ3v) is 6.07. The molecule has 2 rings (SSSR count). The number of carbonyl (C=O) groups is 1. The second kappa shape index (κ2) is 14.9. The van der Waals surface area contributed by atoms with Crippen LogP contribution in [0.15, 0.2) is 107 Å². The van der Waals surface area contributed by atoms with E-state index in [0.29, 0.717) is 13.0 Å². The SMILES string of the molecule is C\C=C/C=C(C)\C(=C/C)NC(=O)/C(CC1=CC=CCC=C1)=C(\C(C)C)N(CC)Cc1ccc(F)cc1. The van der Waals surface area contributed by atoms with Gasteiger partial charge in [-0.1, -0.05) is 80.7 Å². The number of allylic oxidation sites excluding steroid dienone is 12. The number of benzene rings is 1. The lowest BCUT2D eigenvalue weighted by atomic mass is 9.95. The van der Waals surface area contributed by atoms with E-state index in [1.165, 1.54) is 12.1 Å². The van der Waals surface area contributed by atoms with Gasteiger partial charge in [-0.2, -0.15) is 0 Å². The van der Waals surface area contributed by atoms with Crippen molar-refractivity contribution < 1.29 is 9.18 Å². The summed E-state index contributed by atoms with van der Waals surface area (Å²) in [5, 5.41) is 3.18. The van der Waals surface area contributed by atoms with Crippen LogP contribution < -0.4 is 5.32 Å². The van der Waals surface area contributed by atoms with Crippen molar-refractivity contribution in [3.05, 3.63) is 118 Å². The smallest absolute Gasteiger partial charge is 0.253 e. The minimum absolute atomic E-state index is 0.0971. The molecular weight excluding hydrogens is 447 g/mol. The number of hydrogen-bond acceptors (Lipinski definition) is 2. The Morgan fingerprint density at radius 3 is 2.50 bits per heavy atom. The van der Waals surface area contributed by atoms with Crippen molar-refractivity contribution in [3.63, 3.8) is 0 Å². The third kappa shape index (κ3) is 8.67. The highest BCUT2D eigenvalue weighted by Crippen LogP contribution is 2.28. The van der Waals surface area contributed by atoms with Crippen LogP contribution in [0.1, 0.15) is 59.9 Å². The maximum Gasteiger partial charge on any atom is 0.253 e. The van der Waals surface area contributed by atoms with Crippen LogP contribution in [0.5, 0.6) is 0 Å². The highest BCUT2D eigenvalue weighted by molar-refractivity contribution is 5.96. The van der Waals surface area contributed by atoms with Gasteiger partial charge in [-0.3, -0.25) is 4.79 Å². The third-order valence-electron chi connectivity index (χ3n) is 6.07. The summed E-state index contributed by atoms with van der Waals surface area (Å²) in [7, 11) is 0. The highest BCUT2D eigenvalue weighted by Gasteiger charge is 2.24. The van der Waals surface area contributed by atoms with Crippen molar-refractivity contribution in [2.24, 2.45) is 5.92 Å². The first kappa shape index (κ1) is 28.8. The molecule has 0 heterocycles. The summed E-state index contributed by atoms with van der Waals surface area (Å²) in [6, 6.07) is 6.59. The van der Waals surface area contributed by atoms with Crippen molar-refractivity contribution in [2.75, 3.05) is 6.54 Å². The zero-order valence-corrected chi connectivity index (χ0v) is 22.6. The molecule has 3 nitrogen and oxygen atoms in total. The van der Waals surface area contributed by atoms with Gasteiger partial charge in [0.2, 0.25) is 0 Å². The maximum atomic E-state index is 13.9. The lowest BCUT2D eigenvalue weighted by molar-refractivity contribution is -0.117. The second-order valence-electron chi connectivity index (χ2n) is 9.18. The zero-order valence-electron chi connectivity index (χ0n) is 22.6. The number of carbonyl (C=O) groups excluding carboxylic acids is 1. The zero-order chi connectivity index (χ0) is 26.5. The van der Waals surface area contributed by atoms with Crippen molar-refractivity contribution in [1.29, 1.82) is 0 Å². The average molecular weight is 489 g/mol. The molecule has 1 aromatic rings. The second-order valence-corrected chi connectivity index (χ2v) is 9.18. The van der Waals surface area contributed by atoms with E-state index in [4.69, 9.17) is 0 Å². The first-order valence-electron chi connectivity index (χ1n) is 12.8. The summed E-state index contributed by atoms with van der Waals surface area (Å²) in [4.78, 5) is 16.2. The van der Waals surface area contributed by atoms with Crippen molar-refractivity contribution in [2.45, 2.75) is 60.9 Å². The van der Waals surface area contributed by atoms with Gasteiger partial charge in [0.15, 0.2) is 0 Å². The summed E-state index contributed by atoms with van der Waals surface area (Å²) in [5.74, 6) is -0.229. The molecule has 36 heavy (non-hydrogen) atoms. The highest BCUT2D eigenvalue weighted by atomic mass is 19.1. The molecule has 1 aromatic carbocycles. The minimum atomic E-state index is -0.248. The predicted molar refractivity (Wildman–Crippen MR) is 150 cm³/mol. The van der Waals surface area contributed by atoms with Crippen molar-refractivity contribution in [3.8, 4) is 0 Å². The first-order valence-corrected chi connectivity index (χ1v) is 12.8. The molecule has 0 unspecified atom stereocenters. The lowest BCUT2D eigenvalue weighted by Crippen LogP contribution is -2.33. The van der Waals surface area contributed by atoms with Gasteiger partial charge < -0.3 is 10.2 Å². The molecule has 0 spiro atoms. The number of hydrogen-bond donors (Lipinski definition) is 1. The fourth-order valence-electron chi connectivity index (χ4n) is 4.24. The Balaban J connectivity index is 2.56. The van der Waals surface area contributed by atoms with E-state index >= 15 is 0 Å². The Morgan fingerprint density at radius 1 is 1.17 bits per heavy atom. The van der Waals surface area contributed by atoms with Gasteiger partial charge in [0.05, 0.1) is 0 Å². The van der Waals surface area contributed by atoms with Crippen LogP contribution in [0, 0.1) is 11.7 Å². The molecule has 0 atom stereocenters. The van der Waals surface area contributed by atoms with Crippen LogP contribution in [0.25, 0.3) is 0 Å². The number of nitrogens with one attached hydrogen (secondary N) is 1. The molecule has 192 valence electrons. The van der Waals surface area contributed by atoms with Crippen LogP contribution in [0.2, 0.25) is 0 Å². The Morgan fingerprint density at radius 2 is 1.89 bits per heavy atom. The van der Waals surface area contributed by atoms with E-state index in [1.807, 2.05) is 57.2 Å². The molecule has 0 aliphatic heterocycles. The lowest BCUT2D eigenvalue weighted by Gasteiger charge is -2.32. The number of nitrogens with zero attached hydrogens (tertiary/aromatic N) is 1. The molecule has 1 aliphatic rings. The standard InChI is InChI=1S/C32H41FN2O/c1-7-10-15-25(6)30(8-2)34-32(36)29(22-26-16-13-11-12-14-17-26)31(24(4)5)35(9-3)23-27-18-20-28(33)21-19-27/h7-8,10-11,13-21,24H,9,12,22-23H2,1-6H3,(H,34,36)/b10-7-,25-15-,30-8+,31-29+. The summed E-state index contributed by atoms with van der Waals surface area (Å²) < 4.78 is 13.5. The summed E-state index contributed by atoms with van der Waals surface area (Å²) in [5.41, 5.74) is 5.64. The Labute approximate surface area is 217 Å². The molecule has 0 fully saturated rings. The van der Waals surface area contributed by atoms with Crippen molar-refractivity contribution in [1.82, 2.24) is 10.2 Å². The Kier molecular flexibility index (Phi) is 11.9. The van der Waals surface area contributed by atoms with Gasteiger partial charge in [0, 0.05) is 36.5 Å². The molecule has 1 N–H and O–H groups in total. The predicted octanol–water partition coefficient (Wildman–Crippen LogP) is 7.93. The van der Waals surface area contributed by atoms with Crippen molar-refractivity contribution >= 4 is 5.91 Å². The Bertz CT molecular complexity index is 1100. The van der Waals surface area contributed by atoms with E-state index in [-0.39, 0.29) is 17.6 Å². The van der Waals surface area contributed by atoms with E-state index < -0.39 is 0 Å². The van der Waals surface area contributed by atoms with E-state index in [1.54, 1.807) is 0 Å². The minimum Gasteiger partial charge on any atom is -0.370 e. The van der Waals surface area contributed by atoms with Gasteiger partial charge >= 0.3 is 0 Å². The molecule has 0 radical (unpaired) electrons. The molecule has 1 aliphatic carbocycles. The summed E-state index contributed by atoms with van der Waals surface area (Å²) in [6.07, 6.45) is 19.7. The largest absolute Gasteiger partial charge is 0.370 e. The molecule has 0 aromatic heterocycles. The fourth-order valence-corrected chi connectivity index (χ4v) is 4.24. The number of rotatable bonds is 11. The molecule has 0 saturated heterocycles. The summed E-state index contributed by atoms with van der Waals surface area (Å²) in [6.45, 7) is 13.6. The molecule has 0 saturated carbocycles. The number of halogens is 1. The summed E-state index contributed by atoms with van der Waals surface area (Å²) >= 11 is 0. The van der Waals surface area contributed by atoms with Gasteiger partial charge in [0.1, 0.15) is 5.82 Å². The maximum absolute atomic E-state index is 13.9. The molecule has 4 heteroatoms. The average Bonchev–Trinajstić information content (AvgIpc) is 3.14. The van der Waals surface area contributed by atoms with E-state index in [9.17, 15) is 9.18 Å². The fraction of sp³-hybridized carbons (Fsp3) is 0.344. The molecular formula is C32H41FN2O. The molecule has 0 bridgehead atoms. The van der Waals surface area contributed by atoms with Crippen LogP contribution in [-0.2, 0) is 11.3 Å². The van der Waals surface area contributed by atoms with E-state index in [2.05, 4.69) is 61.4 Å². The Hall–Kier alpha value is -3.40. The number of amides is 1. The van der Waals surface area contributed by atoms with Crippen LogP contribution in [-0.4, -0.2) is 17.4 Å². The first-order chi connectivity index (χ1) is 17.3. The van der Waals surface area contributed by atoms with E-state index in [0.717, 1.165) is 46.6 Å².